The third-order valence-electron chi connectivity index (χ3n) is 4.80. The Kier molecular flexibility index (Phi) is 5.81. The van der Waals surface area contributed by atoms with Crippen LogP contribution in [0.4, 0.5) is 4.39 Å². The number of benzene rings is 1. The van der Waals surface area contributed by atoms with Crippen molar-refractivity contribution in [2.75, 3.05) is 20.1 Å². The first-order valence-electron chi connectivity index (χ1n) is 7.81. The number of likely N-dealkylation sites (tertiary alicyclic amines) is 1. The molecule has 1 unspecified atom stereocenters. The molecule has 0 aliphatic carbocycles. The number of hydrogen-bond acceptors (Lipinski definition) is 2. The first-order chi connectivity index (χ1) is 9.95. The molecule has 1 aromatic carbocycles. The second-order valence-corrected chi connectivity index (χ2v) is 7.35. The summed E-state index contributed by atoms with van der Waals surface area (Å²) < 4.78 is 13.9. The summed E-state index contributed by atoms with van der Waals surface area (Å²) in [6, 6.07) is 5.66. The molecule has 0 radical (unpaired) electrons. The minimum atomic E-state index is -0.199. The van der Waals surface area contributed by atoms with Crippen molar-refractivity contribution in [1.29, 1.82) is 0 Å². The van der Waals surface area contributed by atoms with E-state index in [4.69, 9.17) is 0 Å². The zero-order valence-electron chi connectivity index (χ0n) is 13.3. The molecule has 21 heavy (non-hydrogen) atoms. The number of likely N-dealkylation sites (N-methyl/N-ethyl adjacent to an activating group) is 1. The van der Waals surface area contributed by atoms with Crippen LogP contribution in [-0.4, -0.2) is 36.6 Å². The van der Waals surface area contributed by atoms with Crippen molar-refractivity contribution in [3.63, 3.8) is 0 Å². The Morgan fingerprint density at radius 2 is 1.95 bits per heavy atom. The average Bonchev–Trinajstić information content (AvgIpc) is 2.49. The van der Waals surface area contributed by atoms with Crippen LogP contribution in [0.3, 0.4) is 0 Å². The largest absolute Gasteiger partial charge is 0.315 e. The number of hydrogen-bond donors (Lipinski definition) is 1. The van der Waals surface area contributed by atoms with Gasteiger partial charge >= 0.3 is 0 Å². The highest BCUT2D eigenvalue weighted by Gasteiger charge is 2.35. The van der Waals surface area contributed by atoms with Crippen molar-refractivity contribution < 1.29 is 4.39 Å². The van der Waals surface area contributed by atoms with Crippen LogP contribution in [0.25, 0.3) is 0 Å². The molecule has 4 heteroatoms. The van der Waals surface area contributed by atoms with Crippen molar-refractivity contribution in [3.8, 4) is 0 Å². The molecule has 0 amide bonds. The maximum atomic E-state index is 13.4. The molecular formula is C17H26BrFN2. The molecular weight excluding hydrogens is 331 g/mol. The SMILES string of the molecule is CNC(Cc1ccc(F)c(Br)c1)C(C)(C)N1CCCCC1. The maximum Gasteiger partial charge on any atom is 0.137 e. The first kappa shape index (κ1) is 16.9. The number of nitrogens with zero attached hydrogens (tertiary/aromatic N) is 1. The highest BCUT2D eigenvalue weighted by Crippen LogP contribution is 2.27. The molecule has 1 aliphatic heterocycles. The molecule has 0 bridgehead atoms. The lowest BCUT2D eigenvalue weighted by molar-refractivity contribution is 0.0635. The Morgan fingerprint density at radius 1 is 1.29 bits per heavy atom. The van der Waals surface area contributed by atoms with Gasteiger partial charge in [-0.3, -0.25) is 4.90 Å². The lowest BCUT2D eigenvalue weighted by atomic mass is 9.86. The molecule has 1 heterocycles. The molecule has 0 spiro atoms. The zero-order valence-corrected chi connectivity index (χ0v) is 14.8. The summed E-state index contributed by atoms with van der Waals surface area (Å²) in [5, 5.41) is 3.47. The lowest BCUT2D eigenvalue weighted by Crippen LogP contribution is -2.59. The summed E-state index contributed by atoms with van der Waals surface area (Å²) in [5.41, 5.74) is 1.25. The fourth-order valence-electron chi connectivity index (χ4n) is 3.30. The quantitative estimate of drug-likeness (QED) is 0.858. The van der Waals surface area contributed by atoms with Gasteiger partial charge in [-0.1, -0.05) is 12.5 Å². The zero-order chi connectivity index (χ0) is 15.5. The number of halogens is 2. The summed E-state index contributed by atoms with van der Waals surface area (Å²) in [6.45, 7) is 6.99. The van der Waals surface area contributed by atoms with Gasteiger partial charge in [0.05, 0.1) is 4.47 Å². The highest BCUT2D eigenvalue weighted by atomic mass is 79.9. The van der Waals surface area contributed by atoms with E-state index in [1.807, 2.05) is 19.2 Å². The normalized spacial score (nSPS) is 18.7. The van der Waals surface area contributed by atoms with Gasteiger partial charge in [-0.2, -0.15) is 0 Å². The first-order valence-corrected chi connectivity index (χ1v) is 8.60. The van der Waals surface area contributed by atoms with Crippen LogP contribution in [0.1, 0.15) is 38.7 Å². The minimum absolute atomic E-state index is 0.0933. The maximum absolute atomic E-state index is 13.4. The Labute approximate surface area is 136 Å². The van der Waals surface area contributed by atoms with E-state index in [2.05, 4.69) is 40.0 Å². The molecule has 2 rings (SSSR count). The van der Waals surface area contributed by atoms with Gasteiger partial charge in [-0.05, 0) is 86.9 Å². The van der Waals surface area contributed by atoms with E-state index in [9.17, 15) is 4.39 Å². The summed E-state index contributed by atoms with van der Waals surface area (Å²) in [5.74, 6) is -0.199. The predicted molar refractivity (Wildman–Crippen MR) is 90.2 cm³/mol. The highest BCUT2D eigenvalue weighted by molar-refractivity contribution is 9.10. The summed E-state index contributed by atoms with van der Waals surface area (Å²) in [7, 11) is 2.02. The molecule has 1 atom stereocenters. The van der Waals surface area contributed by atoms with Gasteiger partial charge in [0.1, 0.15) is 5.82 Å². The van der Waals surface area contributed by atoms with E-state index < -0.39 is 0 Å². The molecule has 2 nitrogen and oxygen atoms in total. The predicted octanol–water partition coefficient (Wildman–Crippen LogP) is 3.98. The second kappa shape index (κ2) is 7.21. The van der Waals surface area contributed by atoms with Crippen LogP contribution in [0, 0.1) is 5.82 Å². The van der Waals surface area contributed by atoms with E-state index in [1.165, 1.54) is 32.4 Å². The molecule has 1 aromatic rings. The third-order valence-corrected chi connectivity index (χ3v) is 5.40. The Bertz CT molecular complexity index is 470. The molecule has 1 N–H and O–H groups in total. The Morgan fingerprint density at radius 3 is 2.52 bits per heavy atom. The van der Waals surface area contributed by atoms with Crippen LogP contribution < -0.4 is 5.32 Å². The smallest absolute Gasteiger partial charge is 0.137 e. The van der Waals surface area contributed by atoms with Crippen LogP contribution in [0.5, 0.6) is 0 Å². The Hall–Kier alpha value is -0.450. The van der Waals surface area contributed by atoms with E-state index >= 15 is 0 Å². The molecule has 0 saturated carbocycles. The van der Waals surface area contributed by atoms with E-state index in [1.54, 1.807) is 6.07 Å². The average molecular weight is 357 g/mol. The van der Waals surface area contributed by atoms with E-state index in [-0.39, 0.29) is 11.4 Å². The molecule has 1 fully saturated rings. The standard InChI is InChI=1S/C17H26BrFN2/c1-17(2,21-9-5-4-6-10-21)16(20-3)12-13-7-8-15(19)14(18)11-13/h7-8,11,16,20H,4-6,9-10,12H2,1-3H3. The van der Waals surface area contributed by atoms with Crippen molar-refractivity contribution in [2.24, 2.45) is 0 Å². The van der Waals surface area contributed by atoms with Crippen LogP contribution >= 0.6 is 15.9 Å². The molecule has 1 aliphatic rings. The van der Waals surface area contributed by atoms with Crippen molar-refractivity contribution in [2.45, 2.75) is 51.1 Å². The van der Waals surface area contributed by atoms with Gasteiger partial charge in [0.25, 0.3) is 0 Å². The van der Waals surface area contributed by atoms with E-state index in [0.29, 0.717) is 10.5 Å². The Balaban J connectivity index is 2.12. The molecule has 118 valence electrons. The van der Waals surface area contributed by atoms with Crippen molar-refractivity contribution in [1.82, 2.24) is 10.2 Å². The van der Waals surface area contributed by atoms with Gasteiger partial charge in [0.15, 0.2) is 0 Å². The second-order valence-electron chi connectivity index (χ2n) is 6.50. The van der Waals surface area contributed by atoms with Gasteiger partial charge in [-0.25, -0.2) is 4.39 Å². The molecule has 0 aromatic heterocycles. The number of nitrogens with one attached hydrogen (secondary N) is 1. The number of piperidine rings is 1. The van der Waals surface area contributed by atoms with Crippen LogP contribution in [-0.2, 0) is 6.42 Å². The van der Waals surface area contributed by atoms with Gasteiger partial charge in [-0.15, -0.1) is 0 Å². The lowest BCUT2D eigenvalue weighted by Gasteiger charge is -2.46. The van der Waals surface area contributed by atoms with Crippen molar-refractivity contribution >= 4 is 15.9 Å². The summed E-state index contributed by atoms with van der Waals surface area (Å²) in [4.78, 5) is 2.59. The van der Waals surface area contributed by atoms with Gasteiger partial charge in [0.2, 0.25) is 0 Å². The topological polar surface area (TPSA) is 15.3 Å². The van der Waals surface area contributed by atoms with Crippen molar-refractivity contribution in [3.05, 3.63) is 34.1 Å². The van der Waals surface area contributed by atoms with Gasteiger partial charge < -0.3 is 5.32 Å². The summed E-state index contributed by atoms with van der Waals surface area (Å²) >= 11 is 3.28. The van der Waals surface area contributed by atoms with Crippen LogP contribution in [0.2, 0.25) is 0 Å². The fraction of sp³-hybridized carbons (Fsp3) is 0.647. The third kappa shape index (κ3) is 4.05. The summed E-state index contributed by atoms with van der Waals surface area (Å²) in [6.07, 6.45) is 4.84. The minimum Gasteiger partial charge on any atom is -0.315 e. The number of rotatable bonds is 5. The molecule has 1 saturated heterocycles. The van der Waals surface area contributed by atoms with E-state index in [0.717, 1.165) is 12.0 Å². The van der Waals surface area contributed by atoms with Gasteiger partial charge in [0, 0.05) is 11.6 Å². The van der Waals surface area contributed by atoms with Crippen LogP contribution in [0.15, 0.2) is 22.7 Å². The fourth-order valence-corrected chi connectivity index (χ4v) is 3.72. The monoisotopic (exact) mass is 356 g/mol.